The molecule has 0 aliphatic carbocycles. The molecule has 4 aromatic rings. The summed E-state index contributed by atoms with van der Waals surface area (Å²) in [5, 5.41) is 11.6. The monoisotopic (exact) mass is 403 g/mol. The maximum Gasteiger partial charge on any atom is 0.194 e. The number of nitrogens with zero attached hydrogens (tertiary/aromatic N) is 3. The van der Waals surface area contributed by atoms with E-state index in [4.69, 9.17) is 19.2 Å². The summed E-state index contributed by atoms with van der Waals surface area (Å²) in [6.45, 7) is 1.08. The van der Waals surface area contributed by atoms with E-state index < -0.39 is 0 Å². The third-order valence-corrected chi connectivity index (χ3v) is 5.71. The number of thiazole rings is 1. The maximum absolute atomic E-state index is 9.49. The number of rotatable bonds is 4. The van der Waals surface area contributed by atoms with Gasteiger partial charge >= 0.3 is 0 Å². The van der Waals surface area contributed by atoms with Gasteiger partial charge in [-0.3, -0.25) is 4.40 Å². The van der Waals surface area contributed by atoms with Gasteiger partial charge in [-0.05, 0) is 30.3 Å². The fourth-order valence-electron chi connectivity index (χ4n) is 3.56. The lowest BCUT2D eigenvalue weighted by Crippen LogP contribution is -2.15. The van der Waals surface area contributed by atoms with Crippen molar-refractivity contribution in [1.82, 2.24) is 9.38 Å². The van der Waals surface area contributed by atoms with Crippen LogP contribution in [0.25, 0.3) is 27.5 Å². The SMILES string of the molecule is COc1cccc(-c2csc3nc(-c4ccc5c(c4)OCCO5)c(CC#N)n23)c1. The molecule has 7 heteroatoms. The third kappa shape index (κ3) is 2.98. The van der Waals surface area contributed by atoms with Crippen LogP contribution in [0.4, 0.5) is 0 Å². The molecule has 0 radical (unpaired) electrons. The van der Waals surface area contributed by atoms with Gasteiger partial charge in [-0.25, -0.2) is 4.98 Å². The minimum Gasteiger partial charge on any atom is -0.497 e. The van der Waals surface area contributed by atoms with Gasteiger partial charge in [0.15, 0.2) is 16.5 Å². The van der Waals surface area contributed by atoms with E-state index in [2.05, 4.69) is 15.8 Å². The Balaban J connectivity index is 1.69. The number of hydrogen-bond donors (Lipinski definition) is 0. The van der Waals surface area contributed by atoms with Gasteiger partial charge in [0.1, 0.15) is 19.0 Å². The molecule has 29 heavy (non-hydrogen) atoms. The highest BCUT2D eigenvalue weighted by Gasteiger charge is 2.21. The Kier molecular flexibility index (Phi) is 4.34. The van der Waals surface area contributed by atoms with E-state index in [0.29, 0.717) is 19.0 Å². The van der Waals surface area contributed by atoms with Crippen LogP contribution in [0.1, 0.15) is 5.69 Å². The topological polar surface area (TPSA) is 68.8 Å². The Morgan fingerprint density at radius 3 is 2.83 bits per heavy atom. The van der Waals surface area contributed by atoms with Crippen molar-refractivity contribution in [2.24, 2.45) is 0 Å². The highest BCUT2D eigenvalue weighted by molar-refractivity contribution is 7.15. The quantitative estimate of drug-likeness (QED) is 0.499. The van der Waals surface area contributed by atoms with E-state index in [1.807, 2.05) is 42.5 Å². The molecule has 1 aliphatic rings. The van der Waals surface area contributed by atoms with Crippen molar-refractivity contribution in [2.45, 2.75) is 6.42 Å². The van der Waals surface area contributed by atoms with Crippen molar-refractivity contribution in [3.63, 3.8) is 0 Å². The molecular weight excluding hydrogens is 386 g/mol. The van der Waals surface area contributed by atoms with Crippen LogP contribution < -0.4 is 14.2 Å². The summed E-state index contributed by atoms with van der Waals surface area (Å²) in [4.78, 5) is 5.69. The summed E-state index contributed by atoms with van der Waals surface area (Å²) >= 11 is 1.55. The fourth-order valence-corrected chi connectivity index (χ4v) is 4.48. The number of fused-ring (bicyclic) bond motifs is 2. The molecule has 0 spiro atoms. The molecule has 0 fully saturated rings. The molecule has 1 aliphatic heterocycles. The van der Waals surface area contributed by atoms with E-state index in [9.17, 15) is 5.26 Å². The van der Waals surface area contributed by atoms with E-state index in [1.54, 1.807) is 18.4 Å². The van der Waals surface area contributed by atoms with Crippen LogP contribution in [0.2, 0.25) is 0 Å². The van der Waals surface area contributed by atoms with Crippen molar-refractivity contribution in [1.29, 1.82) is 5.26 Å². The van der Waals surface area contributed by atoms with E-state index >= 15 is 0 Å². The molecule has 0 atom stereocenters. The van der Waals surface area contributed by atoms with Crippen LogP contribution in [-0.2, 0) is 6.42 Å². The van der Waals surface area contributed by atoms with Crippen LogP contribution in [0.15, 0.2) is 47.8 Å². The first-order valence-corrected chi connectivity index (χ1v) is 10.1. The number of aromatic nitrogens is 2. The smallest absolute Gasteiger partial charge is 0.194 e. The molecule has 2 aromatic carbocycles. The molecular formula is C22H17N3O3S. The zero-order valence-corrected chi connectivity index (χ0v) is 16.5. The van der Waals surface area contributed by atoms with Crippen molar-refractivity contribution in [2.75, 3.05) is 20.3 Å². The third-order valence-electron chi connectivity index (χ3n) is 4.89. The lowest BCUT2D eigenvalue weighted by atomic mass is 10.1. The maximum atomic E-state index is 9.49. The Morgan fingerprint density at radius 1 is 1.14 bits per heavy atom. The second-order valence-electron chi connectivity index (χ2n) is 6.57. The molecule has 6 nitrogen and oxygen atoms in total. The van der Waals surface area contributed by atoms with Gasteiger partial charge in [-0.1, -0.05) is 12.1 Å². The molecule has 144 valence electrons. The zero-order chi connectivity index (χ0) is 19.8. The molecule has 3 heterocycles. The van der Waals surface area contributed by atoms with Gasteiger partial charge in [0.2, 0.25) is 0 Å². The molecule has 0 amide bonds. The average molecular weight is 403 g/mol. The van der Waals surface area contributed by atoms with Crippen LogP contribution in [0, 0.1) is 11.3 Å². The van der Waals surface area contributed by atoms with Gasteiger partial charge in [0, 0.05) is 16.5 Å². The highest BCUT2D eigenvalue weighted by atomic mass is 32.1. The number of ether oxygens (including phenoxy) is 3. The van der Waals surface area contributed by atoms with Crippen molar-refractivity contribution < 1.29 is 14.2 Å². The van der Waals surface area contributed by atoms with Crippen molar-refractivity contribution >= 4 is 16.3 Å². The minimum atomic E-state index is 0.249. The largest absolute Gasteiger partial charge is 0.497 e. The average Bonchev–Trinajstić information content (AvgIpc) is 3.34. The summed E-state index contributed by atoms with van der Waals surface area (Å²) in [5.74, 6) is 2.23. The van der Waals surface area contributed by atoms with Crippen LogP contribution >= 0.6 is 11.3 Å². The number of benzene rings is 2. The Labute approximate surface area is 171 Å². The molecule has 0 saturated heterocycles. The Hall–Kier alpha value is -3.50. The number of nitriles is 1. The van der Waals surface area contributed by atoms with E-state index in [1.165, 1.54) is 0 Å². The summed E-state index contributed by atoms with van der Waals surface area (Å²) in [6.07, 6.45) is 0.249. The molecule has 5 rings (SSSR count). The lowest BCUT2D eigenvalue weighted by Gasteiger charge is -2.18. The van der Waals surface area contributed by atoms with E-state index in [0.717, 1.165) is 44.7 Å². The van der Waals surface area contributed by atoms with Crippen LogP contribution in [-0.4, -0.2) is 29.7 Å². The van der Waals surface area contributed by atoms with Gasteiger partial charge in [-0.15, -0.1) is 11.3 Å². The fraction of sp³-hybridized carbons (Fsp3) is 0.182. The second kappa shape index (κ2) is 7.15. The molecule has 0 N–H and O–H groups in total. The summed E-state index contributed by atoms with van der Waals surface area (Å²) in [6, 6.07) is 16.0. The highest BCUT2D eigenvalue weighted by Crippen LogP contribution is 2.38. The van der Waals surface area contributed by atoms with Gasteiger partial charge in [-0.2, -0.15) is 5.26 Å². The first-order valence-electron chi connectivity index (χ1n) is 9.18. The predicted octanol–water partition coefficient (Wildman–Crippen LogP) is 4.58. The van der Waals surface area contributed by atoms with Crippen molar-refractivity contribution in [3.8, 4) is 45.8 Å². The summed E-state index contributed by atoms with van der Waals surface area (Å²) < 4.78 is 18.8. The van der Waals surface area contributed by atoms with Crippen molar-refractivity contribution in [3.05, 3.63) is 53.5 Å². The van der Waals surface area contributed by atoms with Crippen LogP contribution in [0.3, 0.4) is 0 Å². The number of methoxy groups -OCH3 is 1. The van der Waals surface area contributed by atoms with Crippen LogP contribution in [0.5, 0.6) is 17.2 Å². The summed E-state index contributed by atoms with van der Waals surface area (Å²) in [5.41, 5.74) is 4.57. The summed E-state index contributed by atoms with van der Waals surface area (Å²) in [7, 11) is 1.65. The first-order chi connectivity index (χ1) is 14.3. The molecule has 2 aromatic heterocycles. The number of imidazole rings is 1. The normalized spacial score (nSPS) is 12.7. The molecule has 0 bridgehead atoms. The Morgan fingerprint density at radius 2 is 2.00 bits per heavy atom. The van der Waals surface area contributed by atoms with E-state index in [-0.39, 0.29) is 6.42 Å². The van der Waals surface area contributed by atoms with Gasteiger partial charge < -0.3 is 14.2 Å². The zero-order valence-electron chi connectivity index (χ0n) is 15.7. The predicted molar refractivity (Wildman–Crippen MR) is 111 cm³/mol. The minimum absolute atomic E-state index is 0.249. The molecule has 0 saturated carbocycles. The van der Waals surface area contributed by atoms with Gasteiger partial charge in [0.05, 0.1) is 36.7 Å². The first kappa shape index (κ1) is 17.6. The molecule has 0 unspecified atom stereocenters. The second-order valence-corrected chi connectivity index (χ2v) is 7.41. The Bertz CT molecular complexity index is 1250. The number of hydrogen-bond acceptors (Lipinski definition) is 6. The lowest BCUT2D eigenvalue weighted by molar-refractivity contribution is 0.171. The van der Waals surface area contributed by atoms with Gasteiger partial charge in [0.25, 0.3) is 0 Å². The standard InChI is InChI=1S/C22H17N3O3S/c1-26-16-4-2-3-14(11-16)18-13-29-22-24-21(17(7-8-23)25(18)22)15-5-6-19-20(12-15)28-10-9-27-19/h2-6,11-13H,7,9-10H2,1H3.